The molecule has 0 radical (unpaired) electrons. The fourth-order valence-corrected chi connectivity index (χ4v) is 2.87. The predicted molar refractivity (Wildman–Crippen MR) is 70.6 cm³/mol. The Balaban J connectivity index is 2.47. The first-order chi connectivity index (χ1) is 9.04. The second-order valence-corrected chi connectivity index (χ2v) is 6.08. The van der Waals surface area contributed by atoms with E-state index in [-0.39, 0.29) is 16.5 Å². The minimum absolute atomic E-state index is 0.0916. The van der Waals surface area contributed by atoms with E-state index in [2.05, 4.69) is 10.2 Å². The van der Waals surface area contributed by atoms with Crippen molar-refractivity contribution in [2.24, 2.45) is 5.18 Å². The highest BCUT2D eigenvalue weighted by atomic mass is 35.5. The molecule has 0 N–H and O–H groups in total. The standard InChI is InChI=1S/C12H9ClN2O3S/c13-10-1-3-11(4-2-10)19(17,18)12-7-9(8-15-16)5-6-14-12/h1-7H,8H2. The molecule has 0 aliphatic carbocycles. The molecule has 0 atom stereocenters. The van der Waals surface area contributed by atoms with Gasteiger partial charge in [0.05, 0.1) is 4.90 Å². The Morgan fingerprint density at radius 2 is 1.84 bits per heavy atom. The Morgan fingerprint density at radius 1 is 1.16 bits per heavy atom. The molecule has 0 amide bonds. The van der Waals surface area contributed by atoms with Crippen molar-refractivity contribution in [3.05, 3.63) is 58.1 Å². The normalized spacial score (nSPS) is 11.2. The number of rotatable bonds is 4. The van der Waals surface area contributed by atoms with Crippen molar-refractivity contribution in [1.29, 1.82) is 0 Å². The van der Waals surface area contributed by atoms with E-state index in [0.29, 0.717) is 10.6 Å². The van der Waals surface area contributed by atoms with E-state index in [9.17, 15) is 13.3 Å². The number of nitrogens with zero attached hydrogens (tertiary/aromatic N) is 2. The molecule has 1 heterocycles. The second kappa shape index (κ2) is 5.46. The van der Waals surface area contributed by atoms with E-state index in [1.54, 1.807) is 6.07 Å². The smallest absolute Gasteiger partial charge is 0.223 e. The van der Waals surface area contributed by atoms with Crippen molar-refractivity contribution < 1.29 is 8.42 Å². The lowest BCUT2D eigenvalue weighted by Crippen LogP contribution is -2.04. The van der Waals surface area contributed by atoms with Crippen LogP contribution in [0.15, 0.2) is 57.7 Å². The quantitative estimate of drug-likeness (QED) is 0.813. The number of pyridine rings is 1. The summed E-state index contributed by atoms with van der Waals surface area (Å²) < 4.78 is 24.6. The van der Waals surface area contributed by atoms with Crippen molar-refractivity contribution in [2.45, 2.75) is 16.5 Å². The van der Waals surface area contributed by atoms with Crippen LogP contribution in [0.3, 0.4) is 0 Å². The molecule has 1 aromatic carbocycles. The van der Waals surface area contributed by atoms with E-state index in [0.717, 1.165) is 0 Å². The number of sulfone groups is 1. The largest absolute Gasteiger partial charge is 0.244 e. The zero-order valence-corrected chi connectivity index (χ0v) is 11.2. The van der Waals surface area contributed by atoms with Gasteiger partial charge < -0.3 is 0 Å². The first-order valence-electron chi connectivity index (χ1n) is 5.29. The summed E-state index contributed by atoms with van der Waals surface area (Å²) in [4.78, 5) is 14.1. The fraction of sp³-hybridized carbons (Fsp3) is 0.0833. The Kier molecular flexibility index (Phi) is 3.92. The monoisotopic (exact) mass is 296 g/mol. The van der Waals surface area contributed by atoms with Crippen LogP contribution in [0.4, 0.5) is 0 Å². The van der Waals surface area contributed by atoms with Gasteiger partial charge in [0.2, 0.25) is 9.84 Å². The summed E-state index contributed by atoms with van der Waals surface area (Å²) in [6.45, 7) is -0.0916. The molecular weight excluding hydrogens is 288 g/mol. The summed E-state index contributed by atoms with van der Waals surface area (Å²) in [5.74, 6) is 0. The van der Waals surface area contributed by atoms with Gasteiger partial charge in [0.1, 0.15) is 6.54 Å². The number of hydrogen-bond acceptors (Lipinski definition) is 5. The van der Waals surface area contributed by atoms with Crippen LogP contribution in [0, 0.1) is 4.91 Å². The molecule has 98 valence electrons. The maximum atomic E-state index is 12.3. The van der Waals surface area contributed by atoms with Gasteiger partial charge in [0.25, 0.3) is 0 Å². The van der Waals surface area contributed by atoms with Crippen LogP contribution in [0.25, 0.3) is 0 Å². The van der Waals surface area contributed by atoms with Crippen molar-refractivity contribution in [1.82, 2.24) is 4.98 Å². The highest BCUT2D eigenvalue weighted by Gasteiger charge is 2.19. The first kappa shape index (κ1) is 13.6. The summed E-state index contributed by atoms with van der Waals surface area (Å²) in [5, 5.41) is 3.06. The van der Waals surface area contributed by atoms with Crippen LogP contribution in [0.5, 0.6) is 0 Å². The zero-order valence-electron chi connectivity index (χ0n) is 9.65. The predicted octanol–water partition coefficient (Wildman–Crippen LogP) is 2.83. The van der Waals surface area contributed by atoms with Gasteiger partial charge in [-0.2, -0.15) is 4.91 Å². The highest BCUT2D eigenvalue weighted by Crippen LogP contribution is 2.21. The van der Waals surface area contributed by atoms with Crippen LogP contribution >= 0.6 is 11.6 Å². The second-order valence-electron chi connectivity index (χ2n) is 3.75. The number of benzene rings is 1. The van der Waals surface area contributed by atoms with Gasteiger partial charge in [-0.1, -0.05) is 16.8 Å². The average Bonchev–Trinajstić information content (AvgIpc) is 2.40. The molecular formula is C12H9ClN2O3S. The van der Waals surface area contributed by atoms with Crippen LogP contribution in [-0.2, 0) is 16.4 Å². The molecule has 19 heavy (non-hydrogen) atoms. The van der Waals surface area contributed by atoms with Gasteiger partial charge in [-0.05, 0) is 42.0 Å². The van der Waals surface area contributed by atoms with E-state index >= 15 is 0 Å². The molecule has 1 aromatic heterocycles. The lowest BCUT2D eigenvalue weighted by Gasteiger charge is -2.04. The van der Waals surface area contributed by atoms with Crippen LogP contribution in [0.1, 0.15) is 5.56 Å². The molecule has 7 heteroatoms. The highest BCUT2D eigenvalue weighted by molar-refractivity contribution is 7.91. The van der Waals surface area contributed by atoms with E-state index in [1.807, 2.05) is 0 Å². The summed E-state index contributed by atoms with van der Waals surface area (Å²) in [6.07, 6.45) is 1.34. The Bertz CT molecular complexity index is 699. The van der Waals surface area contributed by atoms with Crippen molar-refractivity contribution in [3.8, 4) is 0 Å². The fourth-order valence-electron chi connectivity index (χ4n) is 1.50. The third kappa shape index (κ3) is 2.97. The van der Waals surface area contributed by atoms with Crippen molar-refractivity contribution in [2.75, 3.05) is 0 Å². The first-order valence-corrected chi connectivity index (χ1v) is 7.15. The van der Waals surface area contributed by atoms with Gasteiger partial charge in [-0.15, -0.1) is 0 Å². The van der Waals surface area contributed by atoms with Crippen molar-refractivity contribution >= 4 is 21.4 Å². The minimum atomic E-state index is -3.71. The van der Waals surface area contributed by atoms with Crippen LogP contribution < -0.4 is 0 Å². The van der Waals surface area contributed by atoms with E-state index < -0.39 is 9.84 Å². The lowest BCUT2D eigenvalue weighted by atomic mass is 10.3. The topological polar surface area (TPSA) is 76.5 Å². The molecule has 2 rings (SSSR count). The Labute approximate surface area is 115 Å². The van der Waals surface area contributed by atoms with Crippen molar-refractivity contribution in [3.63, 3.8) is 0 Å². The number of nitroso groups, excluding NO2 is 1. The summed E-state index contributed by atoms with van der Waals surface area (Å²) in [5.41, 5.74) is 0.498. The molecule has 0 aliphatic heterocycles. The molecule has 0 fully saturated rings. The van der Waals surface area contributed by atoms with Gasteiger partial charge in [-0.25, -0.2) is 13.4 Å². The van der Waals surface area contributed by atoms with Gasteiger partial charge >= 0.3 is 0 Å². The van der Waals surface area contributed by atoms with Gasteiger partial charge in [0.15, 0.2) is 5.03 Å². The molecule has 0 spiro atoms. The minimum Gasteiger partial charge on any atom is -0.244 e. The molecule has 5 nitrogen and oxygen atoms in total. The van der Waals surface area contributed by atoms with Crippen LogP contribution in [-0.4, -0.2) is 13.4 Å². The molecule has 0 unspecified atom stereocenters. The number of aromatic nitrogens is 1. The summed E-state index contributed by atoms with van der Waals surface area (Å²) >= 11 is 5.72. The maximum absolute atomic E-state index is 12.3. The Hall–Kier alpha value is -1.79. The lowest BCUT2D eigenvalue weighted by molar-refractivity contribution is 0.592. The molecule has 0 aliphatic rings. The summed E-state index contributed by atoms with van der Waals surface area (Å²) in [7, 11) is -3.71. The SMILES string of the molecule is O=NCc1ccnc(S(=O)(=O)c2ccc(Cl)cc2)c1. The van der Waals surface area contributed by atoms with Gasteiger partial charge in [0, 0.05) is 11.2 Å². The zero-order chi connectivity index (χ0) is 13.9. The van der Waals surface area contributed by atoms with Crippen LogP contribution in [0.2, 0.25) is 5.02 Å². The third-order valence-electron chi connectivity index (χ3n) is 2.45. The van der Waals surface area contributed by atoms with Gasteiger partial charge in [-0.3, -0.25) is 0 Å². The average molecular weight is 297 g/mol. The summed E-state index contributed by atoms with van der Waals surface area (Å²) in [6, 6.07) is 8.68. The molecule has 2 aromatic rings. The molecule has 0 bridgehead atoms. The number of halogens is 1. The maximum Gasteiger partial charge on any atom is 0.223 e. The third-order valence-corrected chi connectivity index (χ3v) is 4.36. The molecule has 0 saturated carbocycles. The molecule has 0 saturated heterocycles. The van der Waals surface area contributed by atoms with E-state index in [1.165, 1.54) is 36.5 Å². The van der Waals surface area contributed by atoms with E-state index in [4.69, 9.17) is 11.6 Å². The number of hydrogen-bond donors (Lipinski definition) is 0. The Morgan fingerprint density at radius 3 is 2.47 bits per heavy atom.